The lowest BCUT2D eigenvalue weighted by atomic mass is 10.1. The molecule has 0 amide bonds. The average Bonchev–Trinajstić information content (AvgIpc) is 2.95. The van der Waals surface area contributed by atoms with Crippen LogP contribution in [0.25, 0.3) is 22.6 Å². The Bertz CT molecular complexity index is 1390. The summed E-state index contributed by atoms with van der Waals surface area (Å²) in [5, 5.41) is 12.7. The fourth-order valence-electron chi connectivity index (χ4n) is 3.39. The van der Waals surface area contributed by atoms with E-state index in [1.165, 1.54) is 0 Å². The molecule has 0 unspecified atom stereocenters. The number of aromatic nitrogens is 4. The zero-order valence-corrected chi connectivity index (χ0v) is 17.7. The van der Waals surface area contributed by atoms with Gasteiger partial charge in [0.1, 0.15) is 0 Å². The van der Waals surface area contributed by atoms with Crippen molar-refractivity contribution in [2.75, 3.05) is 19.6 Å². The van der Waals surface area contributed by atoms with Gasteiger partial charge in [-0.1, -0.05) is 0 Å². The predicted molar refractivity (Wildman–Crippen MR) is 113 cm³/mol. The van der Waals surface area contributed by atoms with Crippen molar-refractivity contribution in [1.82, 2.24) is 33.9 Å². The van der Waals surface area contributed by atoms with Gasteiger partial charge in [0.15, 0.2) is 11.5 Å². The van der Waals surface area contributed by atoms with Gasteiger partial charge < -0.3 is 15.0 Å². The van der Waals surface area contributed by atoms with Gasteiger partial charge in [0.25, 0.3) is 5.56 Å². The molecule has 31 heavy (non-hydrogen) atoms. The average molecular weight is 447 g/mol. The Balaban J connectivity index is 1.60. The van der Waals surface area contributed by atoms with Gasteiger partial charge in [-0.05, 0) is 37.1 Å². The van der Waals surface area contributed by atoms with E-state index < -0.39 is 21.5 Å². The summed E-state index contributed by atoms with van der Waals surface area (Å²) < 4.78 is 28.2. The topological polar surface area (TPSA) is 162 Å². The van der Waals surface area contributed by atoms with Gasteiger partial charge in [-0.15, -0.1) is 0 Å². The van der Waals surface area contributed by atoms with E-state index >= 15 is 0 Å². The van der Waals surface area contributed by atoms with E-state index in [0.29, 0.717) is 18.6 Å². The Labute approximate surface area is 176 Å². The molecule has 3 aliphatic rings. The first-order valence-corrected chi connectivity index (χ1v) is 10.9. The lowest BCUT2D eigenvalue weighted by Gasteiger charge is -2.19. The van der Waals surface area contributed by atoms with Crippen molar-refractivity contribution in [1.29, 1.82) is 0 Å². The van der Waals surface area contributed by atoms with Crippen LogP contribution in [-0.2, 0) is 16.8 Å². The molecule has 0 spiro atoms. The fourth-order valence-corrected chi connectivity index (χ4v) is 4.41. The van der Waals surface area contributed by atoms with Crippen LogP contribution in [0, 0.1) is 13.8 Å². The first kappa shape index (κ1) is 20.8. The molecular weight excluding hydrogens is 426 g/mol. The zero-order valence-electron chi connectivity index (χ0n) is 16.8. The molecule has 0 aliphatic carbocycles. The fraction of sp³-hybridized carbons (Fsp3) is 0.333. The van der Waals surface area contributed by atoms with Crippen LogP contribution in [0.4, 0.5) is 0 Å². The molecule has 4 N–H and O–H groups in total. The van der Waals surface area contributed by atoms with E-state index in [1.807, 2.05) is 26.0 Å². The second-order valence-corrected chi connectivity index (χ2v) is 8.81. The van der Waals surface area contributed by atoms with Gasteiger partial charge in [0.2, 0.25) is 5.88 Å². The highest BCUT2D eigenvalue weighted by molar-refractivity contribution is 7.87. The van der Waals surface area contributed by atoms with Crippen LogP contribution in [0.15, 0.2) is 33.8 Å². The summed E-state index contributed by atoms with van der Waals surface area (Å²) in [6, 6.07) is 3.80. The van der Waals surface area contributed by atoms with E-state index in [9.17, 15) is 23.1 Å². The van der Waals surface area contributed by atoms with Crippen molar-refractivity contribution in [2.45, 2.75) is 20.4 Å². The minimum atomic E-state index is -3.75. The van der Waals surface area contributed by atoms with Gasteiger partial charge in [0, 0.05) is 19.6 Å². The van der Waals surface area contributed by atoms with Crippen molar-refractivity contribution in [2.24, 2.45) is 0 Å². The molecule has 4 rings (SSSR count). The summed E-state index contributed by atoms with van der Waals surface area (Å²) >= 11 is 0. The summed E-state index contributed by atoms with van der Waals surface area (Å²) in [4.78, 5) is 34.6. The lowest BCUT2D eigenvalue weighted by Crippen LogP contribution is -2.37. The number of nitrogens with one attached hydrogen (secondary N) is 3. The molecule has 3 heterocycles. The molecule has 0 saturated carbocycles. The van der Waals surface area contributed by atoms with E-state index in [4.69, 9.17) is 0 Å². The Kier molecular flexibility index (Phi) is 5.15. The largest absolute Gasteiger partial charge is 0.493 e. The number of benzene rings is 1. The summed E-state index contributed by atoms with van der Waals surface area (Å²) in [6.07, 6.45) is 1.01. The number of rotatable bonds is 6. The second kappa shape index (κ2) is 7.67. The Morgan fingerprint density at radius 3 is 2.52 bits per heavy atom. The van der Waals surface area contributed by atoms with E-state index in [-0.39, 0.29) is 30.5 Å². The molecule has 0 atom stereocenters. The van der Waals surface area contributed by atoms with Crippen LogP contribution in [0.3, 0.4) is 0 Å². The maximum absolute atomic E-state index is 12.3. The van der Waals surface area contributed by atoms with Gasteiger partial charge >= 0.3 is 15.9 Å². The van der Waals surface area contributed by atoms with Crippen LogP contribution in [0.1, 0.15) is 11.1 Å². The van der Waals surface area contributed by atoms with Gasteiger partial charge in [-0.2, -0.15) is 13.4 Å². The zero-order chi connectivity index (χ0) is 22.3. The minimum Gasteiger partial charge on any atom is -0.493 e. The van der Waals surface area contributed by atoms with Crippen LogP contribution < -0.4 is 21.3 Å². The van der Waals surface area contributed by atoms with Crippen molar-refractivity contribution < 1.29 is 13.5 Å². The number of H-pyrrole nitrogens is 1. The first-order chi connectivity index (χ1) is 14.7. The molecule has 1 aromatic carbocycles. The molecule has 3 aliphatic heterocycles. The molecule has 0 radical (unpaired) electrons. The number of aliphatic hydroxyl groups excluding tert-OH is 1. The van der Waals surface area contributed by atoms with Crippen LogP contribution in [0.5, 0.6) is 0 Å². The third-order valence-corrected chi connectivity index (χ3v) is 6.48. The van der Waals surface area contributed by atoms with Gasteiger partial charge in [-0.25, -0.2) is 14.1 Å². The highest BCUT2D eigenvalue weighted by Crippen LogP contribution is 2.23. The van der Waals surface area contributed by atoms with Crippen LogP contribution >= 0.6 is 0 Å². The first-order valence-electron chi connectivity index (χ1n) is 9.49. The SMILES string of the molecule is Cc1cc2nc3c(=O)[nH]c(=O)nc-3n(CCNCCN3C(O)=CNS3(=O)=O)c2cc1C. The molecule has 13 heteroatoms. The number of hydrogen-bond acceptors (Lipinski definition) is 8. The number of aromatic amines is 1. The molecule has 12 nitrogen and oxygen atoms in total. The Morgan fingerprint density at radius 1 is 1.10 bits per heavy atom. The summed E-state index contributed by atoms with van der Waals surface area (Å²) in [6.45, 7) is 4.93. The molecule has 1 aromatic rings. The third kappa shape index (κ3) is 3.84. The molecule has 0 aromatic heterocycles. The standard InChI is InChI=1S/C18H21N7O5S/c1-10-7-12-13(8-11(10)2)24(16-15(21-12)17(27)23-18(28)22-16)5-3-19-4-6-25-14(26)9-20-31(25,29)30/h7-9,19-20,26H,3-6H2,1-2H3,(H,23,27,28). The molecule has 0 bridgehead atoms. The van der Waals surface area contributed by atoms with Crippen molar-refractivity contribution >= 4 is 21.2 Å². The predicted octanol–water partition coefficient (Wildman–Crippen LogP) is -0.702. The molecule has 0 saturated heterocycles. The summed E-state index contributed by atoms with van der Waals surface area (Å²) in [5.74, 6) is -0.197. The monoisotopic (exact) mass is 447 g/mol. The summed E-state index contributed by atoms with van der Waals surface area (Å²) in [7, 11) is -3.75. The van der Waals surface area contributed by atoms with Crippen molar-refractivity contribution in [3.05, 3.63) is 56.2 Å². The van der Waals surface area contributed by atoms with E-state index in [0.717, 1.165) is 27.1 Å². The number of hydrogen-bond donors (Lipinski definition) is 4. The second-order valence-electron chi connectivity index (χ2n) is 7.18. The van der Waals surface area contributed by atoms with E-state index in [1.54, 1.807) is 4.57 Å². The van der Waals surface area contributed by atoms with E-state index in [2.05, 4.69) is 25.0 Å². The highest BCUT2D eigenvalue weighted by atomic mass is 32.2. The lowest BCUT2D eigenvalue weighted by molar-refractivity contribution is 0.287. The minimum absolute atomic E-state index is 0.0289. The Morgan fingerprint density at radius 2 is 1.81 bits per heavy atom. The van der Waals surface area contributed by atoms with Crippen LogP contribution in [-0.4, -0.2) is 57.0 Å². The van der Waals surface area contributed by atoms with Crippen molar-refractivity contribution in [3.63, 3.8) is 0 Å². The number of aryl methyl sites for hydroxylation is 2. The van der Waals surface area contributed by atoms with Gasteiger partial charge in [0.05, 0.1) is 23.8 Å². The Hall–Kier alpha value is -3.45. The molecule has 0 fully saturated rings. The number of nitrogens with zero attached hydrogens (tertiary/aromatic N) is 4. The molecular formula is C18H21N7O5S. The number of fused-ring (bicyclic) bond motifs is 2. The number of aliphatic hydroxyl groups is 1. The normalized spacial score (nSPS) is 15.4. The van der Waals surface area contributed by atoms with Crippen molar-refractivity contribution in [3.8, 4) is 11.5 Å². The van der Waals surface area contributed by atoms with Gasteiger partial charge in [-0.3, -0.25) is 14.5 Å². The third-order valence-electron chi connectivity index (χ3n) is 5.11. The maximum Gasteiger partial charge on any atom is 0.349 e. The van der Waals surface area contributed by atoms with Crippen LogP contribution in [0.2, 0.25) is 0 Å². The highest BCUT2D eigenvalue weighted by Gasteiger charge is 2.28. The summed E-state index contributed by atoms with van der Waals surface area (Å²) in [5.41, 5.74) is 2.08. The quantitative estimate of drug-likeness (QED) is 0.285. The smallest absolute Gasteiger partial charge is 0.349 e. The molecule has 164 valence electrons. The maximum atomic E-state index is 12.3.